The predicted octanol–water partition coefficient (Wildman–Crippen LogP) is 4.43. The van der Waals surface area contributed by atoms with Crippen LogP contribution in [0, 0.1) is 5.92 Å². The van der Waals surface area contributed by atoms with Crippen LogP contribution in [0.4, 0.5) is 21.6 Å². The molecule has 178 valence electrons. The number of anilines is 3. The second kappa shape index (κ2) is 8.56. The number of imidazole rings is 1. The molecule has 7 nitrogen and oxygen atoms in total. The SMILES string of the molecule is CNc1cc(N2CCc3c(CC4CCCCC4)cccc32)nn2c(C(=O)NC3CC3F)cnc12. The van der Waals surface area contributed by atoms with Crippen LogP contribution in [0.15, 0.2) is 30.5 Å². The van der Waals surface area contributed by atoms with Gasteiger partial charge in [0.05, 0.1) is 17.9 Å². The van der Waals surface area contributed by atoms with Crippen LogP contribution >= 0.6 is 0 Å². The maximum absolute atomic E-state index is 13.3. The van der Waals surface area contributed by atoms with E-state index in [1.165, 1.54) is 55.1 Å². The number of nitrogens with zero attached hydrogens (tertiary/aromatic N) is 4. The maximum atomic E-state index is 13.3. The van der Waals surface area contributed by atoms with E-state index in [1.807, 2.05) is 13.1 Å². The standard InChI is InChI=1S/C26H31FN6O/c1-28-21-14-24(31-33-23(15-29-25(21)33)26(34)30-20-13-19(20)27)32-11-10-18-17(8-5-9-22(18)32)12-16-6-3-2-4-7-16/h5,8-9,14-16,19-20,28H,2-4,6-7,10-13H2,1H3,(H,30,34). The van der Waals surface area contributed by atoms with E-state index in [-0.39, 0.29) is 5.91 Å². The first-order valence-corrected chi connectivity index (χ1v) is 12.5. The van der Waals surface area contributed by atoms with Crippen LogP contribution in [-0.2, 0) is 12.8 Å². The minimum atomic E-state index is -0.955. The molecule has 2 N–H and O–H groups in total. The van der Waals surface area contributed by atoms with E-state index in [0.717, 1.165) is 36.8 Å². The van der Waals surface area contributed by atoms with Crippen molar-refractivity contribution in [2.75, 3.05) is 23.8 Å². The Labute approximate surface area is 198 Å². The van der Waals surface area contributed by atoms with Gasteiger partial charge in [-0.25, -0.2) is 13.9 Å². The summed E-state index contributed by atoms with van der Waals surface area (Å²) in [6, 6.07) is 8.21. The van der Waals surface area contributed by atoms with E-state index >= 15 is 0 Å². The van der Waals surface area contributed by atoms with Gasteiger partial charge in [0.2, 0.25) is 0 Å². The zero-order chi connectivity index (χ0) is 23.2. The van der Waals surface area contributed by atoms with Crippen LogP contribution in [0.3, 0.4) is 0 Å². The van der Waals surface area contributed by atoms with Crippen molar-refractivity contribution in [2.45, 2.75) is 63.6 Å². The summed E-state index contributed by atoms with van der Waals surface area (Å²) in [5.41, 5.74) is 5.78. The number of halogens is 1. The molecule has 8 heteroatoms. The normalized spacial score (nSPS) is 22.1. The number of carbonyl (C=O) groups excluding carboxylic acids is 1. The lowest BCUT2D eigenvalue weighted by Crippen LogP contribution is -2.28. The lowest BCUT2D eigenvalue weighted by atomic mass is 9.83. The monoisotopic (exact) mass is 462 g/mol. The van der Waals surface area contributed by atoms with Gasteiger partial charge in [0, 0.05) is 31.8 Å². The number of hydrogen-bond acceptors (Lipinski definition) is 5. The molecule has 1 aliphatic heterocycles. The molecular weight excluding hydrogens is 431 g/mol. The molecule has 0 bridgehead atoms. The Balaban J connectivity index is 1.33. The molecule has 3 aliphatic rings. The summed E-state index contributed by atoms with van der Waals surface area (Å²) in [7, 11) is 1.84. The number of amides is 1. The van der Waals surface area contributed by atoms with Crippen LogP contribution in [0.25, 0.3) is 5.65 Å². The van der Waals surface area contributed by atoms with Gasteiger partial charge in [0.1, 0.15) is 6.17 Å². The smallest absolute Gasteiger partial charge is 0.271 e. The van der Waals surface area contributed by atoms with E-state index in [1.54, 1.807) is 4.52 Å². The number of hydrogen-bond donors (Lipinski definition) is 2. The zero-order valence-corrected chi connectivity index (χ0v) is 19.6. The fraction of sp³-hybridized carbons (Fsp3) is 0.500. The molecule has 0 radical (unpaired) electrons. The van der Waals surface area contributed by atoms with E-state index < -0.39 is 12.2 Å². The number of benzene rings is 1. The molecule has 0 saturated heterocycles. The first kappa shape index (κ1) is 21.4. The quantitative estimate of drug-likeness (QED) is 0.567. The van der Waals surface area contributed by atoms with E-state index in [4.69, 9.17) is 5.10 Å². The summed E-state index contributed by atoms with van der Waals surface area (Å²) in [5, 5.41) is 10.8. The number of nitrogens with one attached hydrogen (secondary N) is 2. The average Bonchev–Trinajstić information content (AvgIpc) is 3.24. The molecule has 1 aromatic carbocycles. The molecule has 0 spiro atoms. The van der Waals surface area contributed by atoms with Crippen LogP contribution in [0.5, 0.6) is 0 Å². The van der Waals surface area contributed by atoms with Crippen molar-refractivity contribution in [2.24, 2.45) is 5.92 Å². The fourth-order valence-corrected chi connectivity index (χ4v) is 5.62. The summed E-state index contributed by atoms with van der Waals surface area (Å²) in [5.74, 6) is 1.22. The highest BCUT2D eigenvalue weighted by Crippen LogP contribution is 2.38. The highest BCUT2D eigenvalue weighted by molar-refractivity contribution is 5.94. The van der Waals surface area contributed by atoms with E-state index in [0.29, 0.717) is 17.8 Å². The third kappa shape index (κ3) is 3.79. The molecule has 2 atom stereocenters. The van der Waals surface area contributed by atoms with Crippen molar-refractivity contribution in [1.82, 2.24) is 19.9 Å². The number of fused-ring (bicyclic) bond motifs is 2. The van der Waals surface area contributed by atoms with Crippen LogP contribution in [0.2, 0.25) is 0 Å². The Morgan fingerprint density at radius 2 is 2.06 bits per heavy atom. The minimum Gasteiger partial charge on any atom is -0.385 e. The zero-order valence-electron chi connectivity index (χ0n) is 19.6. The molecule has 2 aromatic heterocycles. The highest BCUT2D eigenvalue weighted by Gasteiger charge is 2.39. The van der Waals surface area contributed by atoms with E-state index in [9.17, 15) is 9.18 Å². The summed E-state index contributed by atoms with van der Waals surface area (Å²) in [6.45, 7) is 0.848. The summed E-state index contributed by atoms with van der Waals surface area (Å²) in [6.07, 6.45) is 9.85. The summed E-state index contributed by atoms with van der Waals surface area (Å²) < 4.78 is 14.9. The molecule has 2 unspecified atom stereocenters. The molecule has 2 aliphatic carbocycles. The molecule has 2 saturated carbocycles. The van der Waals surface area contributed by atoms with Crippen LogP contribution < -0.4 is 15.5 Å². The van der Waals surface area contributed by atoms with Crippen molar-refractivity contribution < 1.29 is 9.18 Å². The van der Waals surface area contributed by atoms with Gasteiger partial charge in [-0.15, -0.1) is 5.10 Å². The molecular formula is C26H31FN6O. The van der Waals surface area contributed by atoms with Crippen molar-refractivity contribution in [1.29, 1.82) is 0 Å². The molecule has 2 fully saturated rings. The van der Waals surface area contributed by atoms with Gasteiger partial charge in [0.25, 0.3) is 5.91 Å². The van der Waals surface area contributed by atoms with Gasteiger partial charge in [-0.2, -0.15) is 0 Å². The minimum absolute atomic E-state index is 0.318. The Hall–Kier alpha value is -3.16. The van der Waals surface area contributed by atoms with Gasteiger partial charge in [-0.1, -0.05) is 44.2 Å². The fourth-order valence-electron chi connectivity index (χ4n) is 5.62. The molecule has 3 heterocycles. The Bertz CT molecular complexity index is 1230. The first-order valence-electron chi connectivity index (χ1n) is 12.5. The third-order valence-corrected chi connectivity index (χ3v) is 7.62. The maximum Gasteiger partial charge on any atom is 0.271 e. The van der Waals surface area contributed by atoms with Gasteiger partial charge >= 0.3 is 0 Å². The number of aromatic nitrogens is 3. The average molecular weight is 463 g/mol. The van der Waals surface area contributed by atoms with Crippen LogP contribution in [-0.4, -0.2) is 46.3 Å². The molecule has 1 amide bonds. The second-order valence-corrected chi connectivity index (χ2v) is 9.90. The topological polar surface area (TPSA) is 74.6 Å². The lowest BCUT2D eigenvalue weighted by Gasteiger charge is -2.23. The Morgan fingerprint density at radius 1 is 1.24 bits per heavy atom. The number of rotatable bonds is 6. The van der Waals surface area contributed by atoms with Crippen molar-refractivity contribution in [3.63, 3.8) is 0 Å². The van der Waals surface area contributed by atoms with Crippen molar-refractivity contribution >= 4 is 28.7 Å². The Kier molecular flexibility index (Phi) is 5.38. The van der Waals surface area contributed by atoms with Crippen LogP contribution in [0.1, 0.15) is 60.1 Å². The molecule has 3 aromatic rings. The first-order chi connectivity index (χ1) is 16.6. The van der Waals surface area contributed by atoms with Gasteiger partial charge in [-0.05, 0) is 36.0 Å². The van der Waals surface area contributed by atoms with Crippen molar-refractivity contribution in [3.05, 3.63) is 47.3 Å². The summed E-state index contributed by atoms with van der Waals surface area (Å²) >= 11 is 0. The number of alkyl halides is 1. The van der Waals surface area contributed by atoms with Crippen molar-refractivity contribution in [3.8, 4) is 0 Å². The molecule has 34 heavy (non-hydrogen) atoms. The Morgan fingerprint density at radius 3 is 2.82 bits per heavy atom. The molecule has 6 rings (SSSR count). The number of carbonyl (C=O) groups is 1. The van der Waals surface area contributed by atoms with Gasteiger partial charge < -0.3 is 15.5 Å². The lowest BCUT2D eigenvalue weighted by molar-refractivity contribution is 0.0940. The van der Waals surface area contributed by atoms with Gasteiger partial charge in [-0.3, -0.25) is 4.79 Å². The summed E-state index contributed by atoms with van der Waals surface area (Å²) in [4.78, 5) is 19.4. The second-order valence-electron chi connectivity index (χ2n) is 9.90. The largest absolute Gasteiger partial charge is 0.385 e. The highest BCUT2D eigenvalue weighted by atomic mass is 19.1. The van der Waals surface area contributed by atoms with E-state index in [2.05, 4.69) is 38.7 Å². The predicted molar refractivity (Wildman–Crippen MR) is 131 cm³/mol. The van der Waals surface area contributed by atoms with Gasteiger partial charge in [0.15, 0.2) is 17.2 Å². The third-order valence-electron chi connectivity index (χ3n) is 7.62.